The predicted octanol–water partition coefficient (Wildman–Crippen LogP) is 1.02. The minimum absolute atomic E-state index is 0.140. The van der Waals surface area contributed by atoms with Crippen LogP contribution in [0.1, 0.15) is 26.3 Å². The van der Waals surface area contributed by atoms with Crippen molar-refractivity contribution in [3.05, 3.63) is 11.8 Å². The van der Waals surface area contributed by atoms with E-state index in [-0.39, 0.29) is 18.4 Å². The van der Waals surface area contributed by atoms with Crippen molar-refractivity contribution >= 4 is 17.9 Å². The van der Waals surface area contributed by atoms with Crippen LogP contribution in [-0.2, 0) is 11.3 Å². The molecule has 0 saturated carbocycles. The van der Waals surface area contributed by atoms with Gasteiger partial charge in [0.25, 0.3) is 0 Å². The van der Waals surface area contributed by atoms with Crippen molar-refractivity contribution < 1.29 is 14.3 Å². The Kier molecular flexibility index (Phi) is 4.59. The summed E-state index contributed by atoms with van der Waals surface area (Å²) in [6.07, 6.45) is 0.886. The highest BCUT2D eigenvalue weighted by molar-refractivity contribution is 5.79. The van der Waals surface area contributed by atoms with E-state index in [9.17, 15) is 9.59 Å². The van der Waals surface area contributed by atoms with Crippen molar-refractivity contribution in [2.75, 3.05) is 19.8 Å². The molecule has 0 saturated heterocycles. The molecule has 3 N–H and O–H groups in total. The third kappa shape index (κ3) is 4.15. The van der Waals surface area contributed by atoms with Gasteiger partial charge in [-0.1, -0.05) is 0 Å². The Hall–Kier alpha value is -2.25. The molecule has 0 radical (unpaired) electrons. The summed E-state index contributed by atoms with van der Waals surface area (Å²) in [6.45, 7) is 5.46. The molecule has 0 spiro atoms. The minimum Gasteiger partial charge on any atom is -0.444 e. The largest absolute Gasteiger partial charge is 0.444 e. The summed E-state index contributed by atoms with van der Waals surface area (Å²) >= 11 is 0. The Bertz CT molecular complexity index is 502. The molecule has 2 amide bonds. The second kappa shape index (κ2) is 5.81. The van der Waals surface area contributed by atoms with E-state index in [2.05, 4.69) is 10.4 Å². The first-order valence-electron chi connectivity index (χ1n) is 6.12. The molecular formula is C12H21N5O3. The summed E-state index contributed by atoms with van der Waals surface area (Å²) in [5.41, 5.74) is 5.79. The molecule has 0 unspecified atom stereocenters. The molecule has 0 aliphatic rings. The van der Waals surface area contributed by atoms with E-state index in [0.29, 0.717) is 5.56 Å². The van der Waals surface area contributed by atoms with Gasteiger partial charge >= 0.3 is 12.1 Å². The Morgan fingerprint density at radius 1 is 1.45 bits per heavy atom. The molecule has 1 aromatic heterocycles. The van der Waals surface area contributed by atoms with Crippen LogP contribution in [-0.4, -0.2) is 46.5 Å². The van der Waals surface area contributed by atoms with Crippen LogP contribution < -0.4 is 11.1 Å². The second-order valence-corrected chi connectivity index (χ2v) is 5.50. The Morgan fingerprint density at radius 3 is 2.55 bits per heavy atom. The van der Waals surface area contributed by atoms with Gasteiger partial charge in [0.15, 0.2) is 0 Å². The van der Waals surface area contributed by atoms with Crippen LogP contribution in [0.4, 0.5) is 15.4 Å². The second-order valence-electron chi connectivity index (χ2n) is 5.50. The molecule has 0 aliphatic heterocycles. The Morgan fingerprint density at radius 2 is 2.05 bits per heavy atom. The fraction of sp³-hybridized carbons (Fsp3) is 0.583. The van der Waals surface area contributed by atoms with Crippen molar-refractivity contribution in [1.82, 2.24) is 20.0 Å². The van der Waals surface area contributed by atoms with E-state index in [1.807, 2.05) is 0 Å². The maximum Gasteiger partial charge on any atom is 0.407 e. The van der Waals surface area contributed by atoms with Gasteiger partial charge in [-0.25, -0.2) is 9.59 Å². The number of alkyl carbamates (subject to hydrolysis) is 1. The molecule has 1 heterocycles. The fourth-order valence-electron chi connectivity index (χ4n) is 1.35. The highest BCUT2D eigenvalue weighted by Gasteiger charge is 2.18. The lowest BCUT2D eigenvalue weighted by atomic mass is 10.2. The van der Waals surface area contributed by atoms with Crippen LogP contribution in [0.2, 0.25) is 0 Å². The van der Waals surface area contributed by atoms with Crippen LogP contribution in [0, 0.1) is 0 Å². The highest BCUT2D eigenvalue weighted by Crippen LogP contribution is 2.12. The van der Waals surface area contributed by atoms with Gasteiger partial charge in [-0.05, 0) is 20.8 Å². The standard InChI is InChI=1S/C12H21N5O3/c1-12(2,3)20-10(18)14-6-8-7-15-17(9(8)13)11(19)16(4)5/h7H,6,13H2,1-5H3,(H,14,18). The number of nitrogens with two attached hydrogens (primary N) is 1. The molecule has 8 nitrogen and oxygen atoms in total. The number of carbonyl (C=O) groups excluding carboxylic acids is 2. The van der Waals surface area contributed by atoms with Crippen molar-refractivity contribution in [2.45, 2.75) is 32.9 Å². The normalized spacial score (nSPS) is 11.1. The number of nitrogen functional groups attached to an aromatic ring is 1. The first-order chi connectivity index (χ1) is 9.11. The van der Waals surface area contributed by atoms with Gasteiger partial charge in [0, 0.05) is 19.7 Å². The van der Waals surface area contributed by atoms with Gasteiger partial charge in [0.2, 0.25) is 0 Å². The first kappa shape index (κ1) is 15.8. The van der Waals surface area contributed by atoms with Crippen LogP contribution in [0.15, 0.2) is 6.20 Å². The van der Waals surface area contributed by atoms with E-state index in [4.69, 9.17) is 10.5 Å². The monoisotopic (exact) mass is 283 g/mol. The maximum absolute atomic E-state index is 11.7. The summed E-state index contributed by atoms with van der Waals surface area (Å²) in [6, 6.07) is -0.356. The predicted molar refractivity (Wildman–Crippen MR) is 74.2 cm³/mol. The van der Waals surface area contributed by atoms with Gasteiger partial charge in [0.1, 0.15) is 11.4 Å². The Balaban J connectivity index is 2.67. The van der Waals surface area contributed by atoms with E-state index in [1.54, 1.807) is 34.9 Å². The number of nitrogens with zero attached hydrogens (tertiary/aromatic N) is 3. The molecule has 0 bridgehead atoms. The number of ether oxygens (including phenoxy) is 1. The number of rotatable bonds is 2. The number of anilines is 1. The summed E-state index contributed by atoms with van der Waals surface area (Å²) in [4.78, 5) is 24.6. The van der Waals surface area contributed by atoms with Gasteiger partial charge in [0.05, 0.1) is 12.7 Å². The van der Waals surface area contributed by atoms with Crippen molar-refractivity contribution in [3.63, 3.8) is 0 Å². The smallest absolute Gasteiger partial charge is 0.407 e. The highest BCUT2D eigenvalue weighted by atomic mass is 16.6. The number of amides is 2. The molecule has 1 rings (SSSR count). The van der Waals surface area contributed by atoms with Crippen LogP contribution >= 0.6 is 0 Å². The molecule has 1 aromatic rings. The van der Waals surface area contributed by atoms with Crippen LogP contribution in [0.5, 0.6) is 0 Å². The summed E-state index contributed by atoms with van der Waals surface area (Å²) in [7, 11) is 3.20. The maximum atomic E-state index is 11.7. The molecule has 8 heteroatoms. The van der Waals surface area contributed by atoms with E-state index < -0.39 is 11.7 Å². The first-order valence-corrected chi connectivity index (χ1v) is 6.12. The van der Waals surface area contributed by atoms with E-state index >= 15 is 0 Å². The lowest BCUT2D eigenvalue weighted by molar-refractivity contribution is 0.0523. The quantitative estimate of drug-likeness (QED) is 0.843. The van der Waals surface area contributed by atoms with Crippen LogP contribution in [0.3, 0.4) is 0 Å². The van der Waals surface area contributed by atoms with Gasteiger partial charge in [-0.15, -0.1) is 0 Å². The molecule has 0 aliphatic carbocycles. The molecule has 20 heavy (non-hydrogen) atoms. The number of nitrogens with one attached hydrogen (secondary N) is 1. The zero-order valence-corrected chi connectivity index (χ0v) is 12.4. The van der Waals surface area contributed by atoms with Crippen molar-refractivity contribution in [1.29, 1.82) is 0 Å². The van der Waals surface area contributed by atoms with Crippen LogP contribution in [0.25, 0.3) is 0 Å². The SMILES string of the molecule is CN(C)C(=O)n1ncc(CNC(=O)OC(C)(C)C)c1N. The zero-order chi connectivity index (χ0) is 15.5. The summed E-state index contributed by atoms with van der Waals surface area (Å²) in [5.74, 6) is 0.194. The fourth-order valence-corrected chi connectivity index (χ4v) is 1.35. The average molecular weight is 283 g/mol. The average Bonchev–Trinajstić information content (AvgIpc) is 2.64. The number of aromatic nitrogens is 2. The summed E-state index contributed by atoms with van der Waals surface area (Å²) in [5, 5.41) is 6.46. The van der Waals surface area contributed by atoms with Gasteiger partial charge in [-0.2, -0.15) is 9.78 Å². The number of hydrogen-bond acceptors (Lipinski definition) is 5. The minimum atomic E-state index is -0.569. The van der Waals surface area contributed by atoms with Gasteiger partial charge < -0.3 is 20.7 Å². The van der Waals surface area contributed by atoms with E-state index in [0.717, 1.165) is 4.68 Å². The molecule has 0 fully saturated rings. The Labute approximate surface area is 117 Å². The van der Waals surface area contributed by atoms with Gasteiger partial charge in [-0.3, -0.25) is 0 Å². The molecule has 112 valence electrons. The number of hydrogen-bond donors (Lipinski definition) is 2. The van der Waals surface area contributed by atoms with E-state index in [1.165, 1.54) is 11.1 Å². The molecule has 0 atom stereocenters. The van der Waals surface area contributed by atoms with Crippen molar-refractivity contribution in [3.8, 4) is 0 Å². The van der Waals surface area contributed by atoms with Crippen molar-refractivity contribution in [2.24, 2.45) is 0 Å². The lowest BCUT2D eigenvalue weighted by Gasteiger charge is -2.19. The zero-order valence-electron chi connectivity index (χ0n) is 12.4. The summed E-state index contributed by atoms with van der Waals surface area (Å²) < 4.78 is 6.17. The number of carbonyl (C=O) groups is 2. The lowest BCUT2D eigenvalue weighted by Crippen LogP contribution is -2.32. The third-order valence-corrected chi connectivity index (χ3v) is 2.27. The molecular weight excluding hydrogens is 262 g/mol. The third-order valence-electron chi connectivity index (χ3n) is 2.27. The molecule has 0 aromatic carbocycles. The topological polar surface area (TPSA) is 102 Å².